The van der Waals surface area contributed by atoms with Gasteiger partial charge in [-0.1, -0.05) is 18.2 Å². The molecule has 146 valence electrons. The molecule has 2 aromatic carbocycles. The topological polar surface area (TPSA) is 72.9 Å². The number of carbonyl (C=O) groups is 1. The van der Waals surface area contributed by atoms with E-state index in [-0.39, 0.29) is 23.2 Å². The molecule has 0 atom stereocenters. The Bertz CT molecular complexity index is 862. The quantitative estimate of drug-likeness (QED) is 0.657. The number of para-hydroxylation sites is 1. The largest absolute Gasteiger partial charge is 0.491 e. The molecule has 0 aliphatic carbocycles. The van der Waals surface area contributed by atoms with Crippen LogP contribution in [0, 0.1) is 6.92 Å². The van der Waals surface area contributed by atoms with Gasteiger partial charge in [0.1, 0.15) is 12.4 Å². The van der Waals surface area contributed by atoms with E-state index in [0.29, 0.717) is 18.7 Å². The Morgan fingerprint density at radius 3 is 2.33 bits per heavy atom. The van der Waals surface area contributed by atoms with Crippen molar-refractivity contribution < 1.29 is 22.7 Å². The van der Waals surface area contributed by atoms with Crippen molar-refractivity contribution in [2.24, 2.45) is 0 Å². The minimum Gasteiger partial charge on any atom is -0.491 e. The second kappa shape index (κ2) is 9.53. The van der Waals surface area contributed by atoms with Crippen molar-refractivity contribution in [1.29, 1.82) is 0 Å². The number of hydrogen-bond acceptors (Lipinski definition) is 5. The molecule has 7 heteroatoms. The van der Waals surface area contributed by atoms with E-state index in [0.717, 1.165) is 11.3 Å². The highest BCUT2D eigenvalue weighted by molar-refractivity contribution is 7.91. The number of benzene rings is 2. The molecule has 0 spiro atoms. The molecule has 0 aromatic heterocycles. The lowest BCUT2D eigenvalue weighted by Gasteiger charge is -2.18. The predicted molar refractivity (Wildman–Crippen MR) is 104 cm³/mol. The number of hydrogen-bond donors (Lipinski definition) is 0. The smallest absolute Gasteiger partial charge is 0.253 e. The van der Waals surface area contributed by atoms with Gasteiger partial charge in [0.2, 0.25) is 0 Å². The Labute approximate surface area is 160 Å². The fourth-order valence-electron chi connectivity index (χ4n) is 2.45. The van der Waals surface area contributed by atoms with Crippen LogP contribution in [0.3, 0.4) is 0 Å². The summed E-state index contributed by atoms with van der Waals surface area (Å²) in [5.74, 6) is 0.514. The number of amides is 1. The summed E-state index contributed by atoms with van der Waals surface area (Å²) < 4.78 is 34.8. The van der Waals surface area contributed by atoms with Crippen molar-refractivity contribution >= 4 is 15.7 Å². The first-order chi connectivity index (χ1) is 12.8. The van der Waals surface area contributed by atoms with Gasteiger partial charge in [-0.3, -0.25) is 4.79 Å². The Hall–Kier alpha value is -2.38. The number of ether oxygens (including phenoxy) is 2. The molecular formula is C20H25NO5S. The Morgan fingerprint density at radius 2 is 1.70 bits per heavy atom. The summed E-state index contributed by atoms with van der Waals surface area (Å²) in [6.45, 7) is 2.89. The second-order valence-corrected chi connectivity index (χ2v) is 8.29. The minimum absolute atomic E-state index is 0.0903. The van der Waals surface area contributed by atoms with Gasteiger partial charge in [-0.05, 0) is 42.8 Å². The first-order valence-corrected chi connectivity index (χ1v) is 10.3. The maximum Gasteiger partial charge on any atom is 0.253 e. The van der Waals surface area contributed by atoms with Crippen molar-refractivity contribution in [3.8, 4) is 5.75 Å². The summed E-state index contributed by atoms with van der Waals surface area (Å²) in [6.07, 6.45) is 0. The lowest BCUT2D eigenvalue weighted by atomic mass is 10.2. The van der Waals surface area contributed by atoms with Crippen molar-refractivity contribution in [3.05, 3.63) is 59.7 Å². The highest BCUT2D eigenvalue weighted by atomic mass is 32.2. The predicted octanol–water partition coefficient (Wildman–Crippen LogP) is 2.57. The number of nitrogens with zero attached hydrogens (tertiary/aromatic N) is 1. The minimum atomic E-state index is -3.40. The normalized spacial score (nSPS) is 11.2. The van der Waals surface area contributed by atoms with Crippen LogP contribution in [-0.2, 0) is 14.6 Å². The van der Waals surface area contributed by atoms with E-state index < -0.39 is 9.84 Å². The number of rotatable bonds is 9. The van der Waals surface area contributed by atoms with Crippen LogP contribution in [0.5, 0.6) is 5.75 Å². The summed E-state index contributed by atoms with van der Waals surface area (Å²) in [5, 5.41) is 0. The highest BCUT2D eigenvalue weighted by Crippen LogP contribution is 2.16. The summed E-state index contributed by atoms with van der Waals surface area (Å²) in [6, 6.07) is 13.7. The third-order valence-corrected chi connectivity index (χ3v) is 5.84. The molecular weight excluding hydrogens is 366 g/mol. The lowest BCUT2D eigenvalue weighted by molar-refractivity contribution is 0.0773. The van der Waals surface area contributed by atoms with E-state index in [1.54, 1.807) is 11.9 Å². The van der Waals surface area contributed by atoms with E-state index in [1.807, 2.05) is 31.2 Å². The Balaban J connectivity index is 1.93. The number of methoxy groups -OCH3 is 1. The second-order valence-electron chi connectivity index (χ2n) is 6.18. The maximum absolute atomic E-state index is 12.5. The van der Waals surface area contributed by atoms with E-state index in [2.05, 4.69) is 0 Å². The van der Waals surface area contributed by atoms with Crippen LogP contribution in [0.2, 0.25) is 0 Å². The van der Waals surface area contributed by atoms with Gasteiger partial charge in [-0.15, -0.1) is 0 Å². The van der Waals surface area contributed by atoms with Gasteiger partial charge >= 0.3 is 0 Å². The monoisotopic (exact) mass is 391 g/mol. The molecule has 0 unspecified atom stereocenters. The third kappa shape index (κ3) is 5.80. The fraction of sp³-hybridized carbons (Fsp3) is 0.350. The van der Waals surface area contributed by atoms with Gasteiger partial charge in [-0.25, -0.2) is 8.42 Å². The average molecular weight is 391 g/mol. The molecule has 2 aromatic rings. The van der Waals surface area contributed by atoms with Crippen molar-refractivity contribution in [3.63, 3.8) is 0 Å². The van der Waals surface area contributed by atoms with Gasteiger partial charge < -0.3 is 14.4 Å². The van der Waals surface area contributed by atoms with E-state index in [4.69, 9.17) is 9.47 Å². The molecule has 0 aliphatic rings. The van der Waals surface area contributed by atoms with Crippen LogP contribution in [0.15, 0.2) is 53.4 Å². The van der Waals surface area contributed by atoms with Gasteiger partial charge in [-0.2, -0.15) is 0 Å². The number of likely N-dealkylation sites (N-methyl/N-ethyl adjacent to an activating group) is 1. The maximum atomic E-state index is 12.5. The molecule has 0 radical (unpaired) electrons. The van der Waals surface area contributed by atoms with Crippen LogP contribution in [0.4, 0.5) is 0 Å². The molecule has 0 saturated carbocycles. The molecule has 0 N–H and O–H groups in total. The highest BCUT2D eigenvalue weighted by Gasteiger charge is 2.16. The number of sulfone groups is 1. The fourth-order valence-corrected chi connectivity index (χ4v) is 3.62. The first kappa shape index (κ1) is 20.9. The summed E-state index contributed by atoms with van der Waals surface area (Å²) in [7, 11) is -0.262. The van der Waals surface area contributed by atoms with Crippen molar-refractivity contribution in [2.45, 2.75) is 11.8 Å². The van der Waals surface area contributed by atoms with Crippen LogP contribution in [-0.4, -0.2) is 58.9 Å². The summed E-state index contributed by atoms with van der Waals surface area (Å²) in [5.41, 5.74) is 1.47. The van der Waals surface area contributed by atoms with Crippen LogP contribution in [0.1, 0.15) is 15.9 Å². The zero-order chi connectivity index (χ0) is 19.9. The van der Waals surface area contributed by atoms with Crippen molar-refractivity contribution in [2.75, 3.05) is 39.7 Å². The Kier molecular flexibility index (Phi) is 7.38. The molecule has 1 amide bonds. The van der Waals surface area contributed by atoms with E-state index in [9.17, 15) is 13.2 Å². The van der Waals surface area contributed by atoms with E-state index in [1.165, 1.54) is 31.4 Å². The van der Waals surface area contributed by atoms with Gasteiger partial charge in [0.15, 0.2) is 9.84 Å². The SMILES string of the molecule is COCCS(=O)(=O)c1ccc(C(=O)N(C)CCOc2ccccc2C)cc1. The molecule has 0 aliphatic heterocycles. The summed E-state index contributed by atoms with van der Waals surface area (Å²) >= 11 is 0. The first-order valence-electron chi connectivity index (χ1n) is 8.61. The molecule has 6 nitrogen and oxygen atoms in total. The Morgan fingerprint density at radius 1 is 1.04 bits per heavy atom. The molecule has 0 saturated heterocycles. The standard InChI is InChI=1S/C20H25NO5S/c1-16-6-4-5-7-19(16)26-13-12-21(2)20(22)17-8-10-18(11-9-17)27(23,24)15-14-25-3/h4-11H,12-15H2,1-3H3. The lowest BCUT2D eigenvalue weighted by Crippen LogP contribution is -2.31. The van der Waals surface area contributed by atoms with Gasteiger partial charge in [0.05, 0.1) is 23.8 Å². The van der Waals surface area contributed by atoms with Gasteiger partial charge in [0, 0.05) is 19.7 Å². The third-order valence-electron chi connectivity index (χ3n) is 4.14. The van der Waals surface area contributed by atoms with Crippen LogP contribution < -0.4 is 4.74 Å². The molecule has 27 heavy (non-hydrogen) atoms. The van der Waals surface area contributed by atoms with Gasteiger partial charge in [0.25, 0.3) is 5.91 Å². The molecule has 2 rings (SSSR count). The molecule has 0 heterocycles. The molecule has 0 bridgehead atoms. The zero-order valence-electron chi connectivity index (χ0n) is 15.8. The van der Waals surface area contributed by atoms with Crippen LogP contribution >= 0.6 is 0 Å². The number of aryl methyl sites for hydroxylation is 1. The van der Waals surface area contributed by atoms with E-state index >= 15 is 0 Å². The molecule has 0 fully saturated rings. The average Bonchev–Trinajstić information content (AvgIpc) is 2.67. The van der Waals surface area contributed by atoms with Crippen molar-refractivity contribution in [1.82, 2.24) is 4.90 Å². The number of carbonyl (C=O) groups excluding carboxylic acids is 1. The summed E-state index contributed by atoms with van der Waals surface area (Å²) in [4.78, 5) is 14.2. The zero-order valence-corrected chi connectivity index (χ0v) is 16.7. The van der Waals surface area contributed by atoms with Crippen LogP contribution in [0.25, 0.3) is 0 Å².